The molecule has 0 aliphatic heterocycles. The maximum atomic E-state index is 11.5. The van der Waals surface area contributed by atoms with Gasteiger partial charge in [-0.05, 0) is 20.8 Å². The van der Waals surface area contributed by atoms with Gasteiger partial charge in [-0.3, -0.25) is 14.3 Å². The monoisotopic (exact) mass is 253 g/mol. The lowest BCUT2D eigenvalue weighted by Gasteiger charge is -2.20. The van der Waals surface area contributed by atoms with Gasteiger partial charge in [0.05, 0.1) is 18.4 Å². The van der Waals surface area contributed by atoms with Crippen LogP contribution in [0.1, 0.15) is 20.8 Å². The van der Waals surface area contributed by atoms with Gasteiger partial charge >= 0.3 is 0 Å². The van der Waals surface area contributed by atoms with Crippen molar-refractivity contribution >= 4 is 17.5 Å². The molecule has 0 bridgehead atoms. The van der Waals surface area contributed by atoms with Crippen molar-refractivity contribution in [2.24, 2.45) is 0 Å². The van der Waals surface area contributed by atoms with E-state index in [1.807, 2.05) is 20.8 Å². The molecule has 0 aromatic carbocycles. The maximum absolute atomic E-state index is 11.5. The van der Waals surface area contributed by atoms with Gasteiger partial charge in [0, 0.05) is 11.7 Å². The third-order valence-electron chi connectivity index (χ3n) is 1.92. The predicted molar refractivity (Wildman–Crippen MR) is 67.5 cm³/mol. The Morgan fingerprint density at radius 1 is 1.39 bits per heavy atom. The third-order valence-corrected chi connectivity index (χ3v) is 1.92. The molecule has 0 aliphatic carbocycles. The van der Waals surface area contributed by atoms with Gasteiger partial charge in [0.25, 0.3) is 0 Å². The summed E-state index contributed by atoms with van der Waals surface area (Å²) in [5, 5.41) is 9.13. The fourth-order valence-corrected chi connectivity index (χ4v) is 1.31. The van der Waals surface area contributed by atoms with Crippen LogP contribution in [0.4, 0.5) is 5.69 Å². The lowest BCUT2D eigenvalue weighted by molar-refractivity contribution is -0.127. The van der Waals surface area contributed by atoms with Crippen LogP contribution in [-0.2, 0) is 16.1 Å². The zero-order valence-corrected chi connectivity index (χ0v) is 10.9. The summed E-state index contributed by atoms with van der Waals surface area (Å²) in [5.74, 6) is -0.516. The summed E-state index contributed by atoms with van der Waals surface area (Å²) in [7, 11) is 0. The molecule has 2 amide bonds. The minimum atomic E-state index is -0.307. The predicted octanol–water partition coefficient (Wildman–Crippen LogP) is -0.504. The highest BCUT2D eigenvalue weighted by molar-refractivity contribution is 5.84. The standard InChI is InChI=1S/C11H19N5O2/c1-11(2,3)15-9(17)5-13-10(18)7-16-6-8(12)4-14-16/h4,6H,5,7,12H2,1-3H3,(H,13,18)(H,15,17). The van der Waals surface area contributed by atoms with Crippen molar-refractivity contribution in [3.05, 3.63) is 12.4 Å². The van der Waals surface area contributed by atoms with E-state index in [4.69, 9.17) is 5.73 Å². The van der Waals surface area contributed by atoms with E-state index in [0.29, 0.717) is 5.69 Å². The first kappa shape index (κ1) is 14.0. The van der Waals surface area contributed by atoms with Crippen LogP contribution in [-0.4, -0.2) is 33.7 Å². The Morgan fingerprint density at radius 2 is 2.06 bits per heavy atom. The molecule has 1 aromatic rings. The maximum Gasteiger partial charge on any atom is 0.242 e. The number of nitrogen functional groups attached to an aromatic ring is 1. The van der Waals surface area contributed by atoms with E-state index in [-0.39, 0.29) is 30.4 Å². The Hall–Kier alpha value is -2.05. The van der Waals surface area contributed by atoms with E-state index >= 15 is 0 Å². The molecule has 18 heavy (non-hydrogen) atoms. The molecule has 0 spiro atoms. The van der Waals surface area contributed by atoms with Gasteiger partial charge in [0.1, 0.15) is 6.54 Å². The molecule has 1 heterocycles. The molecule has 1 aromatic heterocycles. The zero-order valence-electron chi connectivity index (χ0n) is 10.9. The summed E-state index contributed by atoms with van der Waals surface area (Å²) in [6, 6.07) is 0. The van der Waals surface area contributed by atoms with Gasteiger partial charge < -0.3 is 16.4 Å². The fraction of sp³-hybridized carbons (Fsp3) is 0.545. The molecule has 4 N–H and O–H groups in total. The van der Waals surface area contributed by atoms with Crippen LogP contribution in [0.25, 0.3) is 0 Å². The van der Waals surface area contributed by atoms with E-state index in [1.54, 1.807) is 6.20 Å². The molecule has 0 radical (unpaired) electrons. The highest BCUT2D eigenvalue weighted by Crippen LogP contribution is 1.98. The quantitative estimate of drug-likeness (QED) is 0.673. The normalized spacial score (nSPS) is 11.1. The summed E-state index contributed by atoms with van der Waals surface area (Å²) in [5.41, 5.74) is 5.65. The van der Waals surface area contributed by atoms with Crippen LogP contribution in [0.5, 0.6) is 0 Å². The van der Waals surface area contributed by atoms with Crippen molar-refractivity contribution in [1.29, 1.82) is 0 Å². The summed E-state index contributed by atoms with van der Waals surface area (Å²) >= 11 is 0. The van der Waals surface area contributed by atoms with E-state index in [0.717, 1.165) is 0 Å². The van der Waals surface area contributed by atoms with Crippen molar-refractivity contribution < 1.29 is 9.59 Å². The molecule has 0 atom stereocenters. The number of rotatable bonds is 4. The number of hydrogen-bond donors (Lipinski definition) is 3. The number of carbonyl (C=O) groups is 2. The largest absolute Gasteiger partial charge is 0.396 e. The summed E-state index contributed by atoms with van der Waals surface area (Å²) < 4.78 is 1.41. The lowest BCUT2D eigenvalue weighted by Crippen LogP contribution is -2.46. The molecule has 0 unspecified atom stereocenters. The molecular formula is C11H19N5O2. The second-order valence-electron chi connectivity index (χ2n) is 5.05. The molecule has 0 aliphatic rings. The van der Waals surface area contributed by atoms with Gasteiger partial charge in [0.15, 0.2) is 0 Å². The first-order chi connectivity index (χ1) is 8.26. The summed E-state index contributed by atoms with van der Waals surface area (Å²) in [6.45, 7) is 5.62. The SMILES string of the molecule is CC(C)(C)NC(=O)CNC(=O)Cn1cc(N)cn1. The number of carbonyl (C=O) groups excluding carboxylic acids is 2. The van der Waals surface area contributed by atoms with Gasteiger partial charge in [-0.1, -0.05) is 0 Å². The second kappa shape index (κ2) is 5.52. The van der Waals surface area contributed by atoms with Gasteiger partial charge in [-0.25, -0.2) is 0 Å². The Labute approximate surface area is 106 Å². The second-order valence-corrected chi connectivity index (χ2v) is 5.05. The first-order valence-electron chi connectivity index (χ1n) is 5.62. The molecule has 7 heteroatoms. The van der Waals surface area contributed by atoms with E-state index in [2.05, 4.69) is 15.7 Å². The number of amides is 2. The van der Waals surface area contributed by atoms with Gasteiger partial charge in [0.2, 0.25) is 11.8 Å². The van der Waals surface area contributed by atoms with Crippen LogP contribution < -0.4 is 16.4 Å². The molecule has 0 saturated carbocycles. The minimum absolute atomic E-state index is 0.0417. The summed E-state index contributed by atoms with van der Waals surface area (Å²) in [4.78, 5) is 23.0. The first-order valence-corrected chi connectivity index (χ1v) is 5.62. The zero-order chi connectivity index (χ0) is 13.8. The van der Waals surface area contributed by atoms with Crippen LogP contribution in [0.15, 0.2) is 12.4 Å². The van der Waals surface area contributed by atoms with Crippen LogP contribution in [0.2, 0.25) is 0 Å². The fourth-order valence-electron chi connectivity index (χ4n) is 1.31. The number of aromatic nitrogens is 2. The van der Waals surface area contributed by atoms with Crippen LogP contribution in [0.3, 0.4) is 0 Å². The molecule has 0 fully saturated rings. The van der Waals surface area contributed by atoms with E-state index < -0.39 is 0 Å². The Bertz CT molecular complexity index is 433. The molecule has 7 nitrogen and oxygen atoms in total. The molecule has 0 saturated heterocycles. The number of nitrogens with one attached hydrogen (secondary N) is 2. The summed E-state index contributed by atoms with van der Waals surface area (Å²) in [6.07, 6.45) is 3.01. The molecule has 1 rings (SSSR count). The topological polar surface area (TPSA) is 102 Å². The minimum Gasteiger partial charge on any atom is -0.396 e. The van der Waals surface area contributed by atoms with Crippen molar-refractivity contribution in [3.8, 4) is 0 Å². The Balaban J connectivity index is 2.31. The average Bonchev–Trinajstić information content (AvgIpc) is 2.58. The number of anilines is 1. The number of hydrogen-bond acceptors (Lipinski definition) is 4. The number of nitrogens with two attached hydrogens (primary N) is 1. The smallest absolute Gasteiger partial charge is 0.242 e. The highest BCUT2D eigenvalue weighted by atomic mass is 16.2. The average molecular weight is 253 g/mol. The van der Waals surface area contributed by atoms with Crippen molar-refractivity contribution in [1.82, 2.24) is 20.4 Å². The number of nitrogens with zero attached hydrogens (tertiary/aromatic N) is 2. The molecule has 100 valence electrons. The lowest BCUT2D eigenvalue weighted by atomic mass is 10.1. The van der Waals surface area contributed by atoms with Crippen molar-refractivity contribution in [2.45, 2.75) is 32.9 Å². The van der Waals surface area contributed by atoms with Crippen molar-refractivity contribution in [2.75, 3.05) is 12.3 Å². The van der Waals surface area contributed by atoms with Crippen molar-refractivity contribution in [3.63, 3.8) is 0 Å². The van der Waals surface area contributed by atoms with Gasteiger partial charge in [-0.15, -0.1) is 0 Å². The van der Waals surface area contributed by atoms with E-state index in [1.165, 1.54) is 10.9 Å². The Kier molecular flexibility index (Phi) is 4.30. The highest BCUT2D eigenvalue weighted by Gasteiger charge is 2.14. The van der Waals surface area contributed by atoms with E-state index in [9.17, 15) is 9.59 Å². The van der Waals surface area contributed by atoms with Crippen LogP contribution in [0, 0.1) is 0 Å². The Morgan fingerprint density at radius 3 is 2.56 bits per heavy atom. The van der Waals surface area contributed by atoms with Gasteiger partial charge in [-0.2, -0.15) is 5.10 Å². The molecular weight excluding hydrogens is 234 g/mol. The van der Waals surface area contributed by atoms with Crippen LogP contribution >= 0.6 is 0 Å². The third kappa shape index (κ3) is 5.33.